The van der Waals surface area contributed by atoms with Gasteiger partial charge in [0.2, 0.25) is 12.7 Å². The van der Waals surface area contributed by atoms with Crippen LogP contribution in [0.1, 0.15) is 11.3 Å². The Bertz CT molecular complexity index is 1090. The fourth-order valence-corrected chi connectivity index (χ4v) is 2.95. The first-order valence-corrected chi connectivity index (χ1v) is 9.20. The van der Waals surface area contributed by atoms with Crippen molar-refractivity contribution < 1.29 is 28.3 Å². The number of fused-ring (bicyclic) bond motifs is 1. The van der Waals surface area contributed by atoms with Crippen LogP contribution in [0.5, 0.6) is 23.0 Å². The molecule has 0 spiro atoms. The van der Waals surface area contributed by atoms with Gasteiger partial charge in [-0.3, -0.25) is 4.79 Å². The van der Waals surface area contributed by atoms with Gasteiger partial charge in [-0.2, -0.15) is 0 Å². The summed E-state index contributed by atoms with van der Waals surface area (Å²) in [6.45, 7) is 0.451. The molecule has 154 valence electrons. The lowest BCUT2D eigenvalue weighted by Crippen LogP contribution is -2.20. The molecule has 0 bridgehead atoms. The van der Waals surface area contributed by atoms with Crippen molar-refractivity contribution in [2.45, 2.75) is 6.54 Å². The highest BCUT2D eigenvalue weighted by Crippen LogP contribution is 2.33. The van der Waals surface area contributed by atoms with Gasteiger partial charge in [-0.15, -0.1) is 0 Å². The molecule has 0 atom stereocenters. The van der Waals surface area contributed by atoms with E-state index in [4.69, 9.17) is 23.5 Å². The Morgan fingerprint density at radius 2 is 1.90 bits per heavy atom. The van der Waals surface area contributed by atoms with Gasteiger partial charge in [0.15, 0.2) is 28.8 Å². The van der Waals surface area contributed by atoms with Crippen molar-refractivity contribution in [2.24, 2.45) is 0 Å². The molecule has 0 aliphatic carbocycles. The molecule has 0 saturated carbocycles. The van der Waals surface area contributed by atoms with Gasteiger partial charge in [0.1, 0.15) is 5.69 Å². The summed E-state index contributed by atoms with van der Waals surface area (Å²) in [7, 11) is 3.15. The second-order valence-electron chi connectivity index (χ2n) is 6.42. The molecule has 3 aromatic rings. The highest BCUT2D eigenvalue weighted by Gasteiger charge is 2.13. The number of aromatic nitrogens is 1. The van der Waals surface area contributed by atoms with Crippen molar-refractivity contribution in [1.29, 1.82) is 0 Å². The molecule has 1 aliphatic heterocycles. The second kappa shape index (κ2) is 8.60. The van der Waals surface area contributed by atoms with E-state index in [1.807, 2.05) is 24.3 Å². The summed E-state index contributed by atoms with van der Waals surface area (Å²) in [5.41, 5.74) is 2.23. The lowest BCUT2D eigenvalue weighted by atomic mass is 10.1. The summed E-state index contributed by atoms with van der Waals surface area (Å²) >= 11 is 0. The molecule has 0 saturated heterocycles. The fourth-order valence-electron chi connectivity index (χ4n) is 2.95. The van der Waals surface area contributed by atoms with Crippen molar-refractivity contribution in [2.75, 3.05) is 21.0 Å². The SMILES string of the molecule is COc1ccc(-c2cc(CNC(=O)C=Cc3ccc4c(c3)OCO4)no2)cc1OC. The molecule has 30 heavy (non-hydrogen) atoms. The number of ether oxygens (including phenoxy) is 4. The average Bonchev–Trinajstić information content (AvgIpc) is 3.44. The third-order valence-corrected chi connectivity index (χ3v) is 4.49. The molecule has 1 amide bonds. The molecule has 1 N–H and O–H groups in total. The van der Waals surface area contributed by atoms with Crippen LogP contribution in [0.25, 0.3) is 17.4 Å². The smallest absolute Gasteiger partial charge is 0.244 e. The number of rotatable bonds is 7. The summed E-state index contributed by atoms with van der Waals surface area (Å²) in [4.78, 5) is 12.1. The Balaban J connectivity index is 1.35. The Morgan fingerprint density at radius 1 is 1.07 bits per heavy atom. The highest BCUT2D eigenvalue weighted by atomic mass is 16.7. The molecular formula is C22H20N2O6. The Hall–Kier alpha value is -3.94. The first kappa shape index (κ1) is 19.4. The molecule has 8 heteroatoms. The van der Waals surface area contributed by atoms with E-state index in [0.29, 0.717) is 34.5 Å². The average molecular weight is 408 g/mol. The standard InChI is InChI=1S/C22H20N2O6/c1-26-17-7-5-15(10-20(17)27-2)19-11-16(24-30-19)12-23-22(25)8-4-14-3-6-18-21(9-14)29-13-28-18/h3-11H,12-13H2,1-2H3,(H,23,25). The van der Waals surface area contributed by atoms with Crippen molar-refractivity contribution in [3.8, 4) is 34.3 Å². The van der Waals surface area contributed by atoms with Crippen LogP contribution in [0.2, 0.25) is 0 Å². The minimum absolute atomic E-state index is 0.214. The van der Waals surface area contributed by atoms with Crippen LogP contribution in [0.15, 0.2) is 53.1 Å². The number of nitrogens with one attached hydrogen (secondary N) is 1. The Kier molecular flexibility index (Phi) is 5.56. The summed E-state index contributed by atoms with van der Waals surface area (Å²) in [6.07, 6.45) is 3.15. The van der Waals surface area contributed by atoms with Crippen molar-refractivity contribution in [3.63, 3.8) is 0 Å². The van der Waals surface area contributed by atoms with Gasteiger partial charge >= 0.3 is 0 Å². The lowest BCUT2D eigenvalue weighted by molar-refractivity contribution is -0.116. The van der Waals surface area contributed by atoms with E-state index in [0.717, 1.165) is 11.1 Å². The van der Waals surface area contributed by atoms with Gasteiger partial charge in [-0.25, -0.2) is 0 Å². The Morgan fingerprint density at radius 3 is 2.73 bits per heavy atom. The number of nitrogens with zero attached hydrogens (tertiary/aromatic N) is 1. The predicted octanol–water partition coefficient (Wildman–Crippen LogP) is 3.42. The predicted molar refractivity (Wildman–Crippen MR) is 108 cm³/mol. The first-order chi connectivity index (χ1) is 14.7. The number of carbonyl (C=O) groups is 1. The third kappa shape index (κ3) is 4.22. The molecule has 8 nitrogen and oxygen atoms in total. The van der Waals surface area contributed by atoms with E-state index in [-0.39, 0.29) is 19.2 Å². The van der Waals surface area contributed by atoms with Gasteiger partial charge < -0.3 is 28.8 Å². The summed E-state index contributed by atoms with van der Waals surface area (Å²) in [5.74, 6) is 2.91. The van der Waals surface area contributed by atoms with Crippen molar-refractivity contribution in [1.82, 2.24) is 10.5 Å². The molecule has 0 fully saturated rings. The van der Waals surface area contributed by atoms with E-state index in [1.165, 1.54) is 6.08 Å². The van der Waals surface area contributed by atoms with Crippen LogP contribution in [0.4, 0.5) is 0 Å². The molecule has 0 radical (unpaired) electrons. The van der Waals surface area contributed by atoms with E-state index in [2.05, 4.69) is 10.5 Å². The van der Waals surface area contributed by atoms with E-state index in [1.54, 1.807) is 38.5 Å². The zero-order valence-electron chi connectivity index (χ0n) is 16.5. The normalized spacial score (nSPS) is 12.2. The van der Waals surface area contributed by atoms with E-state index in [9.17, 15) is 4.79 Å². The third-order valence-electron chi connectivity index (χ3n) is 4.49. The molecule has 4 rings (SSSR count). The fraction of sp³-hybridized carbons (Fsp3) is 0.182. The second-order valence-corrected chi connectivity index (χ2v) is 6.42. The molecular weight excluding hydrogens is 388 g/mol. The number of benzene rings is 2. The van der Waals surface area contributed by atoms with Crippen molar-refractivity contribution in [3.05, 3.63) is 59.8 Å². The zero-order chi connectivity index (χ0) is 20.9. The topological polar surface area (TPSA) is 92.1 Å². The highest BCUT2D eigenvalue weighted by molar-refractivity contribution is 5.91. The number of hydrogen-bond acceptors (Lipinski definition) is 7. The van der Waals surface area contributed by atoms with Crippen LogP contribution in [-0.2, 0) is 11.3 Å². The minimum Gasteiger partial charge on any atom is -0.493 e. The van der Waals surface area contributed by atoms with Crippen LogP contribution < -0.4 is 24.3 Å². The summed E-state index contributed by atoms with van der Waals surface area (Å²) in [6, 6.07) is 12.7. The van der Waals surface area contributed by atoms with Crippen LogP contribution in [-0.4, -0.2) is 32.1 Å². The Labute approximate surface area is 173 Å². The number of carbonyl (C=O) groups excluding carboxylic acids is 1. The largest absolute Gasteiger partial charge is 0.493 e. The van der Waals surface area contributed by atoms with Crippen LogP contribution >= 0.6 is 0 Å². The maximum atomic E-state index is 12.1. The number of hydrogen-bond donors (Lipinski definition) is 1. The summed E-state index contributed by atoms with van der Waals surface area (Å²) < 4.78 is 26.5. The van der Waals surface area contributed by atoms with E-state index < -0.39 is 0 Å². The number of amides is 1. The van der Waals surface area contributed by atoms with Gasteiger partial charge in [0, 0.05) is 17.7 Å². The number of methoxy groups -OCH3 is 2. The lowest BCUT2D eigenvalue weighted by Gasteiger charge is -2.07. The van der Waals surface area contributed by atoms with Gasteiger partial charge in [0.05, 0.1) is 20.8 Å². The summed E-state index contributed by atoms with van der Waals surface area (Å²) in [5, 5.41) is 6.78. The molecule has 1 aliphatic rings. The van der Waals surface area contributed by atoms with E-state index >= 15 is 0 Å². The van der Waals surface area contributed by atoms with Gasteiger partial charge in [0.25, 0.3) is 0 Å². The maximum Gasteiger partial charge on any atom is 0.244 e. The monoisotopic (exact) mass is 408 g/mol. The maximum absolute atomic E-state index is 12.1. The quantitative estimate of drug-likeness (QED) is 0.599. The van der Waals surface area contributed by atoms with Crippen molar-refractivity contribution >= 4 is 12.0 Å². The molecule has 1 aromatic heterocycles. The molecule has 2 heterocycles. The molecule has 0 unspecified atom stereocenters. The van der Waals surface area contributed by atoms with Crippen LogP contribution in [0, 0.1) is 0 Å². The van der Waals surface area contributed by atoms with Crippen LogP contribution in [0.3, 0.4) is 0 Å². The van der Waals surface area contributed by atoms with Gasteiger partial charge in [-0.1, -0.05) is 11.2 Å². The van der Waals surface area contributed by atoms with Gasteiger partial charge in [-0.05, 0) is 42.0 Å². The minimum atomic E-state index is -0.247. The molecule has 2 aromatic carbocycles. The zero-order valence-corrected chi connectivity index (χ0v) is 16.5. The first-order valence-electron chi connectivity index (χ1n) is 9.20.